The smallest absolute Gasteiger partial charge is 0.241 e. The number of sulfonamides is 1. The van der Waals surface area contributed by atoms with Gasteiger partial charge in [-0.3, -0.25) is 4.79 Å². The van der Waals surface area contributed by atoms with Crippen molar-refractivity contribution >= 4 is 27.7 Å². The zero-order valence-corrected chi connectivity index (χ0v) is 17.9. The lowest BCUT2D eigenvalue weighted by Crippen LogP contribution is -2.47. The standard InChI is InChI=1S/C20H26N2O4S2/c1-22(15-16-8-7-9-17(14-16)26-2)20(23)19(12-13-27-3)21-28(24,25)18-10-5-4-6-11-18/h4-11,14,19,21H,12-13,15H2,1-3H3. The number of amides is 1. The van der Waals surface area contributed by atoms with Gasteiger partial charge in [0.05, 0.1) is 12.0 Å². The largest absolute Gasteiger partial charge is 0.497 e. The van der Waals surface area contributed by atoms with E-state index < -0.39 is 16.1 Å². The van der Waals surface area contributed by atoms with Crippen molar-refractivity contribution < 1.29 is 17.9 Å². The maximum atomic E-state index is 13.0. The van der Waals surface area contributed by atoms with Crippen LogP contribution >= 0.6 is 11.8 Å². The molecule has 8 heteroatoms. The number of hydrogen-bond acceptors (Lipinski definition) is 5. The Morgan fingerprint density at radius 2 is 1.89 bits per heavy atom. The van der Waals surface area contributed by atoms with Crippen molar-refractivity contribution in [1.82, 2.24) is 9.62 Å². The summed E-state index contributed by atoms with van der Waals surface area (Å²) in [6, 6.07) is 14.7. The van der Waals surface area contributed by atoms with E-state index >= 15 is 0 Å². The third-order valence-electron chi connectivity index (χ3n) is 4.19. The summed E-state index contributed by atoms with van der Waals surface area (Å²) in [6.45, 7) is 0.360. The Labute approximate surface area is 171 Å². The fraction of sp³-hybridized carbons (Fsp3) is 0.350. The monoisotopic (exact) mass is 422 g/mol. The lowest BCUT2D eigenvalue weighted by atomic mass is 10.1. The van der Waals surface area contributed by atoms with Gasteiger partial charge in [0.25, 0.3) is 0 Å². The number of thioether (sulfide) groups is 1. The Hall–Kier alpha value is -2.03. The second kappa shape index (κ2) is 10.5. The van der Waals surface area contributed by atoms with Crippen LogP contribution in [-0.2, 0) is 21.4 Å². The van der Waals surface area contributed by atoms with Gasteiger partial charge < -0.3 is 9.64 Å². The van der Waals surface area contributed by atoms with Gasteiger partial charge >= 0.3 is 0 Å². The molecule has 2 aromatic carbocycles. The minimum atomic E-state index is -3.78. The minimum Gasteiger partial charge on any atom is -0.497 e. The fourth-order valence-corrected chi connectivity index (χ4v) is 4.43. The van der Waals surface area contributed by atoms with Gasteiger partial charge in [0.15, 0.2) is 0 Å². The van der Waals surface area contributed by atoms with E-state index in [9.17, 15) is 13.2 Å². The maximum Gasteiger partial charge on any atom is 0.241 e. The van der Waals surface area contributed by atoms with Gasteiger partial charge in [-0.25, -0.2) is 8.42 Å². The van der Waals surface area contributed by atoms with Gasteiger partial charge in [0.2, 0.25) is 15.9 Å². The van der Waals surface area contributed by atoms with Gasteiger partial charge in [0, 0.05) is 13.6 Å². The summed E-state index contributed by atoms with van der Waals surface area (Å²) in [4.78, 5) is 14.7. The molecule has 0 aliphatic carbocycles. The summed E-state index contributed by atoms with van der Waals surface area (Å²) in [5.41, 5.74) is 0.907. The van der Waals surface area contributed by atoms with E-state index in [1.807, 2.05) is 30.5 Å². The van der Waals surface area contributed by atoms with Crippen LogP contribution in [0, 0.1) is 0 Å². The minimum absolute atomic E-state index is 0.146. The SMILES string of the molecule is COc1cccc(CN(C)C(=O)C(CCSC)NS(=O)(=O)c2ccccc2)c1. The molecule has 1 atom stereocenters. The fourth-order valence-electron chi connectivity index (χ4n) is 2.71. The molecule has 2 rings (SSSR count). The molecule has 152 valence electrons. The second-order valence-corrected chi connectivity index (χ2v) is 9.01. The third kappa shape index (κ3) is 6.25. The summed E-state index contributed by atoms with van der Waals surface area (Å²) >= 11 is 1.57. The van der Waals surface area contributed by atoms with E-state index in [0.29, 0.717) is 24.5 Å². The average molecular weight is 423 g/mol. The molecule has 1 N–H and O–H groups in total. The number of methoxy groups -OCH3 is 1. The quantitative estimate of drug-likeness (QED) is 0.637. The maximum absolute atomic E-state index is 13.0. The average Bonchev–Trinajstić information content (AvgIpc) is 2.71. The van der Waals surface area contributed by atoms with Crippen LogP contribution in [0.4, 0.5) is 0 Å². The molecule has 1 unspecified atom stereocenters. The van der Waals surface area contributed by atoms with Gasteiger partial charge in [0.1, 0.15) is 11.8 Å². The molecule has 6 nitrogen and oxygen atoms in total. The van der Waals surface area contributed by atoms with Crippen molar-refractivity contribution in [3.8, 4) is 5.75 Å². The van der Waals surface area contributed by atoms with Crippen molar-refractivity contribution in [2.45, 2.75) is 23.9 Å². The zero-order valence-electron chi connectivity index (χ0n) is 16.3. The van der Waals surface area contributed by atoms with Gasteiger partial charge in [-0.2, -0.15) is 16.5 Å². The molecule has 0 saturated carbocycles. The molecular weight excluding hydrogens is 396 g/mol. The van der Waals surface area contributed by atoms with Gasteiger partial charge in [-0.1, -0.05) is 30.3 Å². The summed E-state index contributed by atoms with van der Waals surface area (Å²) in [5, 5.41) is 0. The predicted molar refractivity (Wildman–Crippen MR) is 113 cm³/mol. The van der Waals surface area contributed by atoms with Crippen LogP contribution in [0.3, 0.4) is 0 Å². The summed E-state index contributed by atoms with van der Waals surface area (Å²) < 4.78 is 33.1. The summed E-state index contributed by atoms with van der Waals surface area (Å²) in [7, 11) is -0.519. The number of ether oxygens (including phenoxy) is 1. The van der Waals surface area contributed by atoms with Crippen LogP contribution in [0.2, 0.25) is 0 Å². The molecule has 0 heterocycles. The first-order valence-electron chi connectivity index (χ1n) is 8.81. The molecule has 2 aromatic rings. The van der Waals surface area contributed by atoms with Crippen molar-refractivity contribution in [1.29, 1.82) is 0 Å². The molecule has 0 aromatic heterocycles. The Bertz CT molecular complexity index is 873. The summed E-state index contributed by atoms with van der Waals surface area (Å²) in [5.74, 6) is 1.11. The third-order valence-corrected chi connectivity index (χ3v) is 6.32. The highest BCUT2D eigenvalue weighted by Crippen LogP contribution is 2.16. The highest BCUT2D eigenvalue weighted by Gasteiger charge is 2.27. The summed E-state index contributed by atoms with van der Waals surface area (Å²) in [6.07, 6.45) is 2.34. The van der Waals surface area contributed by atoms with E-state index in [-0.39, 0.29) is 10.8 Å². The first-order chi connectivity index (χ1) is 13.4. The Balaban J connectivity index is 2.15. The lowest BCUT2D eigenvalue weighted by Gasteiger charge is -2.24. The number of benzene rings is 2. The predicted octanol–water partition coefficient (Wildman–Crippen LogP) is 2.75. The lowest BCUT2D eigenvalue weighted by molar-refractivity contribution is -0.132. The molecule has 0 spiro atoms. The normalized spacial score (nSPS) is 12.4. The number of rotatable bonds is 10. The Kier molecular flexibility index (Phi) is 8.35. The van der Waals surface area contributed by atoms with Crippen molar-refractivity contribution in [2.24, 2.45) is 0 Å². The number of hydrogen-bond donors (Lipinski definition) is 1. The van der Waals surface area contributed by atoms with Crippen molar-refractivity contribution in [3.05, 3.63) is 60.2 Å². The molecule has 0 aliphatic rings. The van der Waals surface area contributed by atoms with E-state index in [4.69, 9.17) is 4.74 Å². The first kappa shape index (κ1) is 22.3. The Morgan fingerprint density at radius 1 is 1.18 bits per heavy atom. The number of carbonyl (C=O) groups is 1. The number of carbonyl (C=O) groups excluding carboxylic acids is 1. The van der Waals surface area contributed by atoms with E-state index in [1.54, 1.807) is 44.1 Å². The second-order valence-electron chi connectivity index (χ2n) is 6.31. The zero-order chi connectivity index (χ0) is 20.6. The van der Waals surface area contributed by atoms with Crippen LogP contribution in [-0.4, -0.2) is 51.4 Å². The molecule has 1 amide bonds. The van der Waals surface area contributed by atoms with Crippen molar-refractivity contribution in [3.63, 3.8) is 0 Å². The van der Waals surface area contributed by atoms with E-state index in [1.165, 1.54) is 17.0 Å². The van der Waals surface area contributed by atoms with Gasteiger partial charge in [-0.15, -0.1) is 0 Å². The molecule has 0 saturated heterocycles. The Morgan fingerprint density at radius 3 is 2.54 bits per heavy atom. The van der Waals surface area contributed by atoms with Crippen LogP contribution in [0.5, 0.6) is 5.75 Å². The van der Waals surface area contributed by atoms with Crippen LogP contribution < -0.4 is 9.46 Å². The van der Waals surface area contributed by atoms with Crippen LogP contribution in [0.15, 0.2) is 59.5 Å². The van der Waals surface area contributed by atoms with E-state index in [0.717, 1.165) is 5.56 Å². The number of likely N-dealkylation sites (N-methyl/N-ethyl adjacent to an activating group) is 1. The molecule has 0 radical (unpaired) electrons. The topological polar surface area (TPSA) is 75.7 Å². The molecule has 0 aliphatic heterocycles. The molecule has 28 heavy (non-hydrogen) atoms. The number of nitrogens with one attached hydrogen (secondary N) is 1. The first-order valence-corrected chi connectivity index (χ1v) is 11.7. The molecule has 0 fully saturated rings. The van der Waals surface area contributed by atoms with E-state index in [2.05, 4.69) is 4.72 Å². The molecular formula is C20H26N2O4S2. The van der Waals surface area contributed by atoms with Gasteiger partial charge in [-0.05, 0) is 48.3 Å². The van der Waals surface area contributed by atoms with Crippen LogP contribution in [0.1, 0.15) is 12.0 Å². The highest BCUT2D eigenvalue weighted by atomic mass is 32.2. The van der Waals surface area contributed by atoms with Crippen molar-refractivity contribution in [2.75, 3.05) is 26.2 Å². The highest BCUT2D eigenvalue weighted by molar-refractivity contribution is 7.98. The molecule has 0 bridgehead atoms. The van der Waals surface area contributed by atoms with Crippen LogP contribution in [0.25, 0.3) is 0 Å². The number of nitrogens with zero attached hydrogens (tertiary/aromatic N) is 1.